The number of amides is 4. The number of nitrogens with zero attached hydrogens (tertiary/aromatic N) is 3. The molecule has 4 amide bonds. The molecule has 27 heavy (non-hydrogen) atoms. The molecule has 2 N–H and O–H groups in total. The second-order valence-corrected chi connectivity index (χ2v) is 8.07. The molecule has 1 aromatic carbocycles. The fourth-order valence-electron chi connectivity index (χ4n) is 2.83. The van der Waals surface area contributed by atoms with E-state index in [1.54, 1.807) is 19.1 Å². The van der Waals surface area contributed by atoms with Crippen molar-refractivity contribution in [2.24, 2.45) is 0 Å². The van der Waals surface area contributed by atoms with Gasteiger partial charge in [-0.2, -0.15) is 4.31 Å². The highest BCUT2D eigenvalue weighted by atomic mass is 32.2. The van der Waals surface area contributed by atoms with Crippen molar-refractivity contribution in [2.45, 2.75) is 30.8 Å². The van der Waals surface area contributed by atoms with E-state index in [-0.39, 0.29) is 24.4 Å². The summed E-state index contributed by atoms with van der Waals surface area (Å²) in [5, 5.41) is 9.12. The Kier molecular flexibility index (Phi) is 6.52. The molecular weight excluding hydrogens is 376 g/mol. The van der Waals surface area contributed by atoms with Crippen molar-refractivity contribution in [3.05, 3.63) is 29.8 Å². The van der Waals surface area contributed by atoms with Gasteiger partial charge in [0.2, 0.25) is 16.4 Å². The molecule has 0 spiro atoms. The number of hydrogen-bond acceptors (Lipinski definition) is 6. The maximum Gasteiger partial charge on any atom is 0.327 e. The SMILES string of the molecule is Cc1ccc(S(=O)(=O)N2CCCCN(C(=O)N(C)C=O)C2C(=O)NO)cc1. The van der Waals surface area contributed by atoms with Crippen LogP contribution in [0.4, 0.5) is 4.79 Å². The maximum atomic E-state index is 13.1. The summed E-state index contributed by atoms with van der Waals surface area (Å²) in [6.07, 6.45) is -0.540. The Morgan fingerprint density at radius 1 is 1.22 bits per heavy atom. The van der Waals surface area contributed by atoms with Crippen molar-refractivity contribution < 1.29 is 28.0 Å². The summed E-state index contributed by atoms with van der Waals surface area (Å²) >= 11 is 0. The van der Waals surface area contributed by atoms with Crippen molar-refractivity contribution in [3.63, 3.8) is 0 Å². The normalized spacial score (nSPS) is 18.5. The van der Waals surface area contributed by atoms with E-state index in [9.17, 15) is 22.8 Å². The lowest BCUT2D eigenvalue weighted by molar-refractivity contribution is -0.138. The number of carbonyl (C=O) groups is 3. The van der Waals surface area contributed by atoms with Crippen molar-refractivity contribution in [2.75, 3.05) is 20.1 Å². The summed E-state index contributed by atoms with van der Waals surface area (Å²) in [7, 11) is -2.94. The van der Waals surface area contributed by atoms with E-state index in [1.807, 2.05) is 0 Å². The van der Waals surface area contributed by atoms with Gasteiger partial charge in [0.05, 0.1) is 4.90 Å². The van der Waals surface area contributed by atoms with Gasteiger partial charge in [-0.25, -0.2) is 18.7 Å². The minimum Gasteiger partial charge on any atom is -0.299 e. The summed E-state index contributed by atoms with van der Waals surface area (Å²) in [5.41, 5.74) is 2.28. The standard InChI is InChI=1S/C16H22N4O6S/c1-12-5-7-13(8-6-12)27(25,26)20-10-4-3-9-19(15(20)14(22)17-24)16(23)18(2)11-21/h5-8,11,15,24H,3-4,9-10H2,1-2H3,(H,17,22). The third-order valence-electron chi connectivity index (χ3n) is 4.27. The molecule has 1 fully saturated rings. The lowest BCUT2D eigenvalue weighted by atomic mass is 10.2. The first kappa shape index (κ1) is 20.8. The zero-order valence-corrected chi connectivity index (χ0v) is 15.8. The molecule has 1 heterocycles. The van der Waals surface area contributed by atoms with Crippen LogP contribution in [-0.4, -0.2) is 72.4 Å². The summed E-state index contributed by atoms with van der Waals surface area (Å²) in [4.78, 5) is 37.4. The van der Waals surface area contributed by atoms with Gasteiger partial charge in [0, 0.05) is 20.1 Å². The lowest BCUT2D eigenvalue weighted by Gasteiger charge is -2.35. The number of rotatable bonds is 4. The van der Waals surface area contributed by atoms with E-state index in [4.69, 9.17) is 5.21 Å². The zero-order chi connectivity index (χ0) is 20.2. The lowest BCUT2D eigenvalue weighted by Crippen LogP contribution is -2.60. The van der Waals surface area contributed by atoms with E-state index in [1.165, 1.54) is 24.7 Å². The fraction of sp³-hybridized carbons (Fsp3) is 0.438. The first-order chi connectivity index (χ1) is 12.7. The number of nitrogens with one attached hydrogen (secondary N) is 1. The molecule has 0 aliphatic carbocycles. The first-order valence-electron chi connectivity index (χ1n) is 8.25. The van der Waals surface area contributed by atoms with Gasteiger partial charge in [-0.05, 0) is 31.9 Å². The Morgan fingerprint density at radius 3 is 2.37 bits per heavy atom. The monoisotopic (exact) mass is 398 g/mol. The van der Waals surface area contributed by atoms with Gasteiger partial charge in [-0.3, -0.25) is 24.6 Å². The summed E-state index contributed by atoms with van der Waals surface area (Å²) in [6, 6.07) is 5.22. The van der Waals surface area contributed by atoms with Gasteiger partial charge < -0.3 is 0 Å². The van der Waals surface area contributed by atoms with Crippen LogP contribution in [0, 0.1) is 6.92 Å². The number of urea groups is 1. The van der Waals surface area contributed by atoms with E-state index in [2.05, 4.69) is 0 Å². The van der Waals surface area contributed by atoms with Crippen molar-refractivity contribution >= 4 is 28.4 Å². The van der Waals surface area contributed by atoms with E-state index >= 15 is 0 Å². The topological polar surface area (TPSA) is 127 Å². The van der Waals surface area contributed by atoms with Gasteiger partial charge in [0.1, 0.15) is 0 Å². The van der Waals surface area contributed by atoms with Crippen LogP contribution >= 0.6 is 0 Å². The second-order valence-electron chi connectivity index (χ2n) is 6.18. The average Bonchev–Trinajstić information content (AvgIpc) is 2.89. The summed E-state index contributed by atoms with van der Waals surface area (Å²) in [6.45, 7) is 1.83. The largest absolute Gasteiger partial charge is 0.327 e. The molecule has 0 aromatic heterocycles. The van der Waals surface area contributed by atoms with E-state index < -0.39 is 28.1 Å². The number of sulfonamides is 1. The first-order valence-corrected chi connectivity index (χ1v) is 9.69. The Bertz CT molecular complexity index is 811. The Balaban J connectivity index is 2.53. The Labute approximate surface area is 157 Å². The molecule has 11 heteroatoms. The van der Waals surface area contributed by atoms with Gasteiger partial charge in [-0.1, -0.05) is 17.7 Å². The number of hydrogen-bond donors (Lipinski definition) is 2. The van der Waals surface area contributed by atoms with Crippen molar-refractivity contribution in [3.8, 4) is 0 Å². The van der Waals surface area contributed by atoms with Gasteiger partial charge in [-0.15, -0.1) is 0 Å². The van der Waals surface area contributed by atoms with Crippen LogP contribution in [0.15, 0.2) is 29.2 Å². The molecule has 1 aromatic rings. The Hall–Kier alpha value is -2.50. The van der Waals surface area contributed by atoms with Crippen LogP contribution < -0.4 is 5.48 Å². The highest BCUT2D eigenvalue weighted by Gasteiger charge is 2.43. The van der Waals surface area contributed by atoms with Crippen molar-refractivity contribution in [1.82, 2.24) is 19.6 Å². The van der Waals surface area contributed by atoms with Gasteiger partial charge >= 0.3 is 6.03 Å². The molecule has 1 aliphatic rings. The van der Waals surface area contributed by atoms with Crippen molar-refractivity contribution in [1.29, 1.82) is 0 Å². The highest BCUT2D eigenvalue weighted by molar-refractivity contribution is 7.89. The van der Waals surface area contributed by atoms with Crippen LogP contribution in [0.2, 0.25) is 0 Å². The quantitative estimate of drug-likeness (QED) is 0.421. The molecule has 1 atom stereocenters. The molecule has 0 bridgehead atoms. The maximum absolute atomic E-state index is 13.1. The molecule has 10 nitrogen and oxygen atoms in total. The highest BCUT2D eigenvalue weighted by Crippen LogP contribution is 2.25. The number of carbonyl (C=O) groups excluding carboxylic acids is 3. The van der Waals surface area contributed by atoms with E-state index in [0.717, 1.165) is 14.8 Å². The molecule has 1 aliphatic heterocycles. The third-order valence-corrected chi connectivity index (χ3v) is 6.14. The zero-order valence-electron chi connectivity index (χ0n) is 15.0. The number of imide groups is 1. The smallest absolute Gasteiger partial charge is 0.299 e. The molecule has 2 rings (SSSR count). The predicted molar refractivity (Wildman–Crippen MR) is 94.0 cm³/mol. The number of benzene rings is 1. The molecule has 1 unspecified atom stereocenters. The second kappa shape index (κ2) is 8.46. The van der Waals surface area contributed by atoms with Crippen LogP contribution in [0.25, 0.3) is 0 Å². The molecule has 148 valence electrons. The molecule has 0 radical (unpaired) electrons. The fourth-order valence-corrected chi connectivity index (χ4v) is 4.42. The number of hydroxylamine groups is 1. The molecule has 0 saturated carbocycles. The molecular formula is C16H22N4O6S. The minimum absolute atomic E-state index is 0.0249. The van der Waals surface area contributed by atoms with Crippen LogP contribution in [-0.2, 0) is 19.6 Å². The average molecular weight is 398 g/mol. The van der Waals surface area contributed by atoms with Gasteiger partial charge in [0.25, 0.3) is 5.91 Å². The number of aryl methyl sites for hydroxylation is 1. The summed E-state index contributed by atoms with van der Waals surface area (Å²) < 4.78 is 27.1. The third kappa shape index (κ3) is 4.26. The summed E-state index contributed by atoms with van der Waals surface area (Å²) in [5.74, 6) is -1.08. The van der Waals surface area contributed by atoms with Crippen LogP contribution in [0.5, 0.6) is 0 Å². The minimum atomic E-state index is -4.14. The van der Waals surface area contributed by atoms with Crippen LogP contribution in [0.1, 0.15) is 18.4 Å². The van der Waals surface area contributed by atoms with E-state index in [0.29, 0.717) is 17.7 Å². The molecule has 1 saturated heterocycles. The Morgan fingerprint density at radius 2 is 1.81 bits per heavy atom. The van der Waals surface area contributed by atoms with Crippen LogP contribution in [0.3, 0.4) is 0 Å². The predicted octanol–water partition coefficient (Wildman–Crippen LogP) is 0.121. The van der Waals surface area contributed by atoms with Gasteiger partial charge in [0.15, 0.2) is 6.17 Å².